The molecule has 0 heterocycles. The summed E-state index contributed by atoms with van der Waals surface area (Å²) < 4.78 is 11.6. The molecule has 4 heteroatoms. The zero-order chi connectivity index (χ0) is 19.2. The summed E-state index contributed by atoms with van der Waals surface area (Å²) in [6, 6.07) is 21.6. The molecule has 0 saturated heterocycles. The van der Waals surface area contributed by atoms with Gasteiger partial charge in [-0.1, -0.05) is 48.5 Å². The number of ether oxygens (including phenoxy) is 2. The highest BCUT2D eigenvalue weighted by molar-refractivity contribution is 5.89. The van der Waals surface area contributed by atoms with Gasteiger partial charge in [0.25, 0.3) is 5.91 Å². The van der Waals surface area contributed by atoms with E-state index in [0.29, 0.717) is 12.3 Å². The quantitative estimate of drug-likeness (QED) is 0.661. The molecule has 0 fully saturated rings. The smallest absolute Gasteiger partial charge is 0.261 e. The molecule has 0 aliphatic heterocycles. The fourth-order valence-corrected chi connectivity index (χ4v) is 2.88. The van der Waals surface area contributed by atoms with Crippen molar-refractivity contribution in [3.05, 3.63) is 72.3 Å². The molecule has 1 N–H and O–H groups in total. The Morgan fingerprint density at radius 2 is 1.67 bits per heavy atom. The van der Waals surface area contributed by atoms with Crippen molar-refractivity contribution in [3.8, 4) is 11.5 Å². The van der Waals surface area contributed by atoms with Crippen LogP contribution in [0.1, 0.15) is 26.3 Å². The van der Waals surface area contributed by atoms with E-state index in [4.69, 9.17) is 9.47 Å². The van der Waals surface area contributed by atoms with Crippen molar-refractivity contribution in [3.63, 3.8) is 0 Å². The van der Waals surface area contributed by atoms with Crippen molar-refractivity contribution in [2.75, 3.05) is 0 Å². The molecule has 0 aliphatic rings. The molecule has 3 rings (SSSR count). The van der Waals surface area contributed by atoms with Crippen molar-refractivity contribution in [1.82, 2.24) is 5.32 Å². The first kappa shape index (κ1) is 18.8. The molecule has 1 amide bonds. The third-order valence-corrected chi connectivity index (χ3v) is 4.16. The molecule has 0 saturated carbocycles. The Morgan fingerprint density at radius 1 is 0.926 bits per heavy atom. The second-order valence-corrected chi connectivity index (χ2v) is 6.77. The number of nitrogens with one attached hydrogen (secondary N) is 1. The fourth-order valence-electron chi connectivity index (χ4n) is 2.88. The Morgan fingerprint density at radius 3 is 2.48 bits per heavy atom. The Kier molecular flexibility index (Phi) is 5.97. The standard InChI is InChI=1S/C23H25NO3/c1-16(2)26-20-11-6-8-18(14-20)15-24-23(25)17(3)27-22-13-7-10-19-9-4-5-12-21(19)22/h4-14,16-17H,15H2,1-3H3,(H,24,25)/t17-/m1/s1. The summed E-state index contributed by atoms with van der Waals surface area (Å²) in [4.78, 5) is 12.5. The van der Waals surface area contributed by atoms with Crippen LogP contribution in [0.5, 0.6) is 11.5 Å². The highest BCUT2D eigenvalue weighted by Crippen LogP contribution is 2.26. The third kappa shape index (κ3) is 5.00. The number of amides is 1. The average Bonchev–Trinajstić information content (AvgIpc) is 2.66. The maximum Gasteiger partial charge on any atom is 0.261 e. The molecular formula is C23H25NO3. The van der Waals surface area contributed by atoms with E-state index >= 15 is 0 Å². The highest BCUT2D eigenvalue weighted by Gasteiger charge is 2.15. The lowest BCUT2D eigenvalue weighted by Gasteiger charge is -2.16. The van der Waals surface area contributed by atoms with E-state index in [1.165, 1.54) is 0 Å². The van der Waals surface area contributed by atoms with Crippen molar-refractivity contribution < 1.29 is 14.3 Å². The minimum absolute atomic E-state index is 0.115. The van der Waals surface area contributed by atoms with Gasteiger partial charge in [-0.2, -0.15) is 0 Å². The van der Waals surface area contributed by atoms with E-state index in [1.807, 2.05) is 80.6 Å². The van der Waals surface area contributed by atoms with Gasteiger partial charge >= 0.3 is 0 Å². The summed E-state index contributed by atoms with van der Waals surface area (Å²) in [6.45, 7) is 6.16. The molecule has 140 valence electrons. The van der Waals surface area contributed by atoms with Gasteiger partial charge in [-0.3, -0.25) is 4.79 Å². The summed E-state index contributed by atoms with van der Waals surface area (Å²) in [5.74, 6) is 1.36. The topological polar surface area (TPSA) is 47.6 Å². The SMILES string of the molecule is CC(C)Oc1cccc(CNC(=O)[C@@H](C)Oc2cccc3ccccc23)c1. The number of hydrogen-bond donors (Lipinski definition) is 1. The molecule has 0 unspecified atom stereocenters. The Balaban J connectivity index is 1.61. The molecule has 0 aromatic heterocycles. The maximum absolute atomic E-state index is 12.5. The molecular weight excluding hydrogens is 338 g/mol. The van der Waals surface area contributed by atoms with Gasteiger partial charge in [0.1, 0.15) is 11.5 Å². The van der Waals surface area contributed by atoms with Crippen molar-refractivity contribution in [2.45, 2.75) is 39.5 Å². The van der Waals surface area contributed by atoms with Gasteiger partial charge in [0.05, 0.1) is 6.10 Å². The lowest BCUT2D eigenvalue weighted by Crippen LogP contribution is -2.35. The molecule has 1 atom stereocenters. The number of fused-ring (bicyclic) bond motifs is 1. The van der Waals surface area contributed by atoms with Crippen LogP contribution in [0.15, 0.2) is 66.7 Å². The highest BCUT2D eigenvalue weighted by atomic mass is 16.5. The van der Waals surface area contributed by atoms with Crippen molar-refractivity contribution in [1.29, 1.82) is 0 Å². The predicted molar refractivity (Wildman–Crippen MR) is 108 cm³/mol. The second kappa shape index (κ2) is 8.58. The van der Waals surface area contributed by atoms with E-state index in [0.717, 1.165) is 22.1 Å². The van der Waals surface area contributed by atoms with E-state index in [2.05, 4.69) is 5.32 Å². The molecule has 0 radical (unpaired) electrons. The maximum atomic E-state index is 12.5. The zero-order valence-electron chi connectivity index (χ0n) is 15.9. The first-order chi connectivity index (χ1) is 13.0. The lowest BCUT2D eigenvalue weighted by molar-refractivity contribution is -0.127. The number of carbonyl (C=O) groups is 1. The van der Waals surface area contributed by atoms with E-state index in [-0.39, 0.29) is 12.0 Å². The molecule has 4 nitrogen and oxygen atoms in total. The van der Waals surface area contributed by atoms with Crippen LogP contribution in [0.3, 0.4) is 0 Å². The van der Waals surface area contributed by atoms with Crippen LogP contribution in [0.2, 0.25) is 0 Å². The molecule has 3 aromatic rings. The van der Waals surface area contributed by atoms with Gasteiger partial charge in [0.15, 0.2) is 6.10 Å². The van der Waals surface area contributed by atoms with Crippen LogP contribution in [0, 0.1) is 0 Å². The van der Waals surface area contributed by atoms with Gasteiger partial charge in [0, 0.05) is 11.9 Å². The number of benzene rings is 3. The van der Waals surface area contributed by atoms with Gasteiger partial charge in [-0.05, 0) is 49.9 Å². The van der Waals surface area contributed by atoms with E-state index in [9.17, 15) is 4.79 Å². The van der Waals surface area contributed by atoms with Crippen LogP contribution in [-0.2, 0) is 11.3 Å². The third-order valence-electron chi connectivity index (χ3n) is 4.16. The summed E-state index contributed by atoms with van der Waals surface area (Å²) in [5.41, 5.74) is 0.985. The summed E-state index contributed by atoms with van der Waals surface area (Å²) >= 11 is 0. The minimum Gasteiger partial charge on any atom is -0.491 e. The Hall–Kier alpha value is -3.01. The van der Waals surface area contributed by atoms with Crippen LogP contribution in [0.4, 0.5) is 0 Å². The largest absolute Gasteiger partial charge is 0.491 e. The Labute approximate surface area is 160 Å². The summed E-state index contributed by atoms with van der Waals surface area (Å²) in [7, 11) is 0. The van der Waals surface area contributed by atoms with E-state index in [1.54, 1.807) is 6.92 Å². The normalized spacial score (nSPS) is 12.0. The monoisotopic (exact) mass is 363 g/mol. The number of rotatable bonds is 7. The first-order valence-corrected chi connectivity index (χ1v) is 9.20. The van der Waals surface area contributed by atoms with Crippen LogP contribution < -0.4 is 14.8 Å². The molecule has 3 aromatic carbocycles. The molecule has 27 heavy (non-hydrogen) atoms. The summed E-state index contributed by atoms with van der Waals surface area (Å²) in [6.07, 6.45) is -0.477. The van der Waals surface area contributed by atoms with Crippen LogP contribution in [0.25, 0.3) is 10.8 Å². The molecule has 0 spiro atoms. The second-order valence-electron chi connectivity index (χ2n) is 6.77. The minimum atomic E-state index is -0.592. The average molecular weight is 363 g/mol. The lowest BCUT2D eigenvalue weighted by atomic mass is 10.1. The van der Waals surface area contributed by atoms with Gasteiger partial charge < -0.3 is 14.8 Å². The fraction of sp³-hybridized carbons (Fsp3) is 0.261. The predicted octanol–water partition coefficient (Wildman–Crippen LogP) is 4.71. The molecule has 0 bridgehead atoms. The number of carbonyl (C=O) groups excluding carboxylic acids is 1. The Bertz CT molecular complexity index is 915. The molecule has 0 aliphatic carbocycles. The van der Waals surface area contributed by atoms with Gasteiger partial charge in [-0.25, -0.2) is 0 Å². The number of hydrogen-bond acceptors (Lipinski definition) is 3. The van der Waals surface area contributed by atoms with Gasteiger partial charge in [0.2, 0.25) is 0 Å². The van der Waals surface area contributed by atoms with Crippen molar-refractivity contribution >= 4 is 16.7 Å². The van der Waals surface area contributed by atoms with E-state index < -0.39 is 6.10 Å². The van der Waals surface area contributed by atoms with Gasteiger partial charge in [-0.15, -0.1) is 0 Å². The van der Waals surface area contributed by atoms with Crippen molar-refractivity contribution in [2.24, 2.45) is 0 Å². The summed E-state index contributed by atoms with van der Waals surface area (Å²) in [5, 5.41) is 5.01. The van der Waals surface area contributed by atoms with Crippen LogP contribution >= 0.6 is 0 Å². The first-order valence-electron chi connectivity index (χ1n) is 9.20. The van der Waals surface area contributed by atoms with Crippen LogP contribution in [-0.4, -0.2) is 18.1 Å². The zero-order valence-corrected chi connectivity index (χ0v) is 15.9.